The molecule has 0 radical (unpaired) electrons. The van der Waals surface area contributed by atoms with E-state index < -0.39 is 0 Å². The van der Waals surface area contributed by atoms with Crippen LogP contribution in [0.15, 0.2) is 288 Å². The molecule has 0 N–H and O–H groups in total. The molecule has 0 aliphatic rings. The van der Waals surface area contributed by atoms with Crippen molar-refractivity contribution in [1.29, 1.82) is 0 Å². The molecular weight excluding hydrogens is 1590 g/mol. The van der Waals surface area contributed by atoms with Gasteiger partial charge in [0, 0.05) is 136 Å². The number of rotatable bonds is 10. The van der Waals surface area contributed by atoms with Gasteiger partial charge in [-0.2, -0.15) is 0 Å². The third-order valence-electron chi connectivity index (χ3n) is 30.3. The third kappa shape index (κ3) is 11.1. The minimum Gasteiger partial charge on any atom is -0.456 e. The largest absolute Gasteiger partial charge is 0.456 e. The third-order valence-corrected chi connectivity index (χ3v) is 30.3. The summed E-state index contributed by atoms with van der Waals surface area (Å²) in [7, 11) is 0. The van der Waals surface area contributed by atoms with Crippen LogP contribution >= 0.6 is 0 Å². The Kier molecular flexibility index (Phi) is 15.6. The molecule has 0 bridgehead atoms. The number of hydrogen-bond acceptors (Lipinski definition) is 4. The number of aromatic nitrogens is 4. The molecule has 0 aliphatic heterocycles. The van der Waals surface area contributed by atoms with E-state index in [9.17, 15) is 0 Å². The van der Waals surface area contributed by atoms with Crippen LogP contribution in [0.1, 0.15) is 182 Å². The van der Waals surface area contributed by atoms with Gasteiger partial charge >= 0.3 is 0 Å². The normalized spacial score (nSPS) is 13.6. The Bertz CT molecular complexity index is 9400. The van der Waals surface area contributed by atoms with Gasteiger partial charge < -0.3 is 36.2 Å². The van der Waals surface area contributed by atoms with Gasteiger partial charge in [0.05, 0.1) is 71.9 Å². The molecular formula is C123H106N6O2. The van der Waals surface area contributed by atoms with E-state index in [-0.39, 0.29) is 32.5 Å². The van der Waals surface area contributed by atoms with Crippen molar-refractivity contribution >= 4 is 230 Å². The Balaban J connectivity index is 0.599. The molecule has 26 aromatic rings. The molecule has 0 aliphatic carbocycles. The number of furan rings is 2. The van der Waals surface area contributed by atoms with E-state index in [1.165, 1.54) is 197 Å². The van der Waals surface area contributed by atoms with Crippen LogP contribution in [0.25, 0.3) is 196 Å². The van der Waals surface area contributed by atoms with Crippen LogP contribution in [0.5, 0.6) is 0 Å². The second-order valence-corrected chi connectivity index (χ2v) is 44.6. The summed E-state index contributed by atoms with van der Waals surface area (Å²) < 4.78 is 24.2. The van der Waals surface area contributed by atoms with E-state index in [0.29, 0.717) is 5.92 Å². The molecule has 26 rings (SSSR count). The van der Waals surface area contributed by atoms with Crippen molar-refractivity contribution in [3.63, 3.8) is 0 Å². The Labute approximate surface area is 761 Å². The molecule has 10 aromatic heterocycles. The predicted octanol–water partition coefficient (Wildman–Crippen LogP) is 35.2. The average Bonchev–Trinajstić information content (AvgIpc) is 1.51. The molecule has 640 valence electrons. The summed E-state index contributed by atoms with van der Waals surface area (Å²) in [5.41, 5.74) is 34.7. The van der Waals surface area contributed by atoms with Gasteiger partial charge in [-0.05, 0) is 277 Å². The van der Waals surface area contributed by atoms with Crippen molar-refractivity contribution in [2.45, 2.75) is 176 Å². The van der Waals surface area contributed by atoms with Crippen LogP contribution < -0.4 is 9.80 Å². The van der Waals surface area contributed by atoms with Gasteiger partial charge in [-0.15, -0.1) is 0 Å². The number of anilines is 6. The maximum atomic E-state index is 7.34. The lowest BCUT2D eigenvalue weighted by atomic mass is 9.78. The molecule has 131 heavy (non-hydrogen) atoms. The van der Waals surface area contributed by atoms with E-state index in [2.05, 4.69) is 432 Å². The first-order valence-corrected chi connectivity index (χ1v) is 47.2. The zero-order valence-electron chi connectivity index (χ0n) is 78.3. The van der Waals surface area contributed by atoms with Gasteiger partial charge in [0.1, 0.15) is 16.7 Å². The number of benzene rings is 16. The summed E-state index contributed by atoms with van der Waals surface area (Å²) in [4.78, 5) is 4.86. The van der Waals surface area contributed by atoms with Crippen LogP contribution in [-0.4, -0.2) is 17.6 Å². The standard InChI is InChI=1S/C123H106N6O2/c1-67(2)69-33-37-77(38-34-69)125(80-40-43-82-94-52-73(120(9,10)11)56-98-90-62-106-87(65-109(90)129(114(94)98)105(82)61-80)99-57-74(121(12,13)14)53-95-85-49-70(118(3,4)5)35-44-101(85)126(106)115(95)99)103-30-25-29-84-91-48-68(32-46-112(91)131-117(84)103)66-123(18,19)71-36-45-102-86(50-71)96-54-75(122(15,16)17)58-100-88-64-108-89(63-107(88)127(102)116(96)100)97-55-72(119(6,7)8)51-93-81-42-39-79(60-104(81)128(108)113(93)97)124(76-26-21-20-22-27-76)78-41-47-111-92(59-78)83-28-23-24-31-110(83)130-111/h20-65,67H,66H2,1-19H3. The highest BCUT2D eigenvalue weighted by Crippen LogP contribution is 2.55. The predicted molar refractivity (Wildman–Crippen MR) is 560 cm³/mol. The highest BCUT2D eigenvalue weighted by atomic mass is 16.3. The fourth-order valence-electron chi connectivity index (χ4n) is 23.1. The van der Waals surface area contributed by atoms with Gasteiger partial charge in [-0.3, -0.25) is 0 Å². The van der Waals surface area contributed by atoms with Crippen LogP contribution in [0.3, 0.4) is 0 Å². The molecule has 0 unspecified atom stereocenters. The summed E-state index contributed by atoms with van der Waals surface area (Å²) in [6, 6.07) is 108. The van der Waals surface area contributed by atoms with Crippen molar-refractivity contribution in [3.05, 3.63) is 324 Å². The molecule has 10 heterocycles. The maximum absolute atomic E-state index is 7.34. The first-order valence-electron chi connectivity index (χ1n) is 47.2. The van der Waals surface area contributed by atoms with Crippen molar-refractivity contribution in [2.75, 3.05) is 9.80 Å². The molecule has 0 fully saturated rings. The van der Waals surface area contributed by atoms with E-state index in [4.69, 9.17) is 8.83 Å². The number of nitrogens with zero attached hydrogens (tertiary/aromatic N) is 6. The summed E-state index contributed by atoms with van der Waals surface area (Å²) in [6.45, 7) is 44.8. The van der Waals surface area contributed by atoms with E-state index in [0.717, 1.165) is 84.4 Å². The summed E-state index contributed by atoms with van der Waals surface area (Å²) in [5, 5.41) is 25.0. The molecule has 8 heteroatoms. The van der Waals surface area contributed by atoms with Gasteiger partial charge in [0.2, 0.25) is 0 Å². The topological polar surface area (TPSA) is 50.4 Å². The molecule has 0 saturated carbocycles. The molecule has 8 nitrogen and oxygen atoms in total. The molecule has 0 atom stereocenters. The number of para-hydroxylation sites is 3. The lowest BCUT2D eigenvalue weighted by Gasteiger charge is -2.26. The molecule has 0 saturated heterocycles. The molecule has 0 amide bonds. The Morgan fingerprint density at radius 3 is 1.08 bits per heavy atom. The zero-order valence-corrected chi connectivity index (χ0v) is 78.3. The Morgan fingerprint density at radius 2 is 0.595 bits per heavy atom. The van der Waals surface area contributed by atoms with Crippen molar-refractivity contribution in [3.8, 4) is 0 Å². The fraction of sp³-hybridized carbons (Fsp3) is 0.220. The number of hydrogen-bond donors (Lipinski definition) is 0. The van der Waals surface area contributed by atoms with Gasteiger partial charge in [-0.1, -0.05) is 223 Å². The summed E-state index contributed by atoms with van der Waals surface area (Å²) in [6.07, 6.45) is 0.818. The van der Waals surface area contributed by atoms with Crippen molar-refractivity contribution in [2.24, 2.45) is 0 Å². The lowest BCUT2D eigenvalue weighted by molar-refractivity contribution is 0.523. The van der Waals surface area contributed by atoms with E-state index in [1.54, 1.807) is 0 Å². The second kappa shape index (κ2) is 26.2. The zero-order chi connectivity index (χ0) is 89.6. The lowest BCUT2D eigenvalue weighted by Crippen LogP contribution is -2.20. The monoisotopic (exact) mass is 1700 g/mol. The Morgan fingerprint density at radius 1 is 0.237 bits per heavy atom. The van der Waals surface area contributed by atoms with Gasteiger partial charge in [0.15, 0.2) is 5.58 Å². The van der Waals surface area contributed by atoms with Gasteiger partial charge in [-0.25, -0.2) is 0 Å². The fourth-order valence-corrected chi connectivity index (χ4v) is 23.1. The van der Waals surface area contributed by atoms with Crippen molar-refractivity contribution in [1.82, 2.24) is 17.6 Å². The molecule has 16 aromatic carbocycles. The summed E-state index contributed by atoms with van der Waals surface area (Å²) in [5.74, 6) is 0.371. The second-order valence-electron chi connectivity index (χ2n) is 44.6. The number of fused-ring (bicyclic) bond motifs is 30. The van der Waals surface area contributed by atoms with E-state index >= 15 is 0 Å². The van der Waals surface area contributed by atoms with Crippen LogP contribution in [0.4, 0.5) is 34.1 Å². The van der Waals surface area contributed by atoms with Crippen LogP contribution in [-0.2, 0) is 38.9 Å². The average molecular weight is 1700 g/mol. The highest BCUT2D eigenvalue weighted by molar-refractivity contribution is 6.32. The van der Waals surface area contributed by atoms with Gasteiger partial charge in [0.25, 0.3) is 0 Å². The SMILES string of the molecule is CC(C)c1ccc(N(c2ccc3c4cc(C(C)(C)C)cc5c6cc7c(cc6n(c3c2)c45)c2cc(C(C)(C)C)cc3c4cc(C(C)(C)C)ccc4n7c32)c2cccc3c2oc2ccc(CC(C)(C)c4ccc5c(c4)c4cc(C(C)(C)C)cc6c7cc8c(cc7n5c46)c4cc(C(C)(C)C)cc5c6ccc(N(c7ccccc7)c7ccc9oc%10ccccc%10c9c7)cc6n8c54)cc23)cc1. The van der Waals surface area contributed by atoms with Crippen LogP contribution in [0.2, 0.25) is 0 Å². The van der Waals surface area contributed by atoms with Crippen molar-refractivity contribution < 1.29 is 8.83 Å². The first-order chi connectivity index (χ1) is 62.6. The first kappa shape index (κ1) is 78.0. The smallest absolute Gasteiger partial charge is 0.159 e. The summed E-state index contributed by atoms with van der Waals surface area (Å²) >= 11 is 0. The maximum Gasteiger partial charge on any atom is 0.159 e. The highest BCUT2D eigenvalue weighted by Gasteiger charge is 2.34. The quantitative estimate of drug-likeness (QED) is 0.137. The minimum atomic E-state index is -0.271. The molecule has 0 spiro atoms. The van der Waals surface area contributed by atoms with Crippen LogP contribution in [0, 0.1) is 0 Å². The minimum absolute atomic E-state index is 0.0121. The Hall–Kier alpha value is -14.1. The van der Waals surface area contributed by atoms with E-state index in [1.807, 2.05) is 6.07 Å².